The number of nitrogens with zero attached hydrogens (tertiary/aromatic N) is 1. The lowest BCUT2D eigenvalue weighted by Gasteiger charge is -2.25. The van der Waals surface area contributed by atoms with Gasteiger partial charge in [-0.1, -0.05) is 13.8 Å². The van der Waals surface area contributed by atoms with Crippen LogP contribution in [0.25, 0.3) is 0 Å². The van der Waals surface area contributed by atoms with Crippen LogP contribution < -0.4 is 5.73 Å². The molecule has 0 radical (unpaired) electrons. The van der Waals surface area contributed by atoms with Crippen molar-refractivity contribution in [1.29, 1.82) is 0 Å². The maximum atomic E-state index is 5.83. The first-order valence-corrected chi connectivity index (χ1v) is 4.77. The molecule has 1 aliphatic rings. The largest absolute Gasteiger partial charge is 0.326 e. The van der Waals surface area contributed by atoms with E-state index >= 15 is 0 Å². The van der Waals surface area contributed by atoms with Crippen LogP contribution in [0.15, 0.2) is 0 Å². The second kappa shape index (κ2) is 7.86. The first-order chi connectivity index (χ1) is 5.27. The van der Waals surface area contributed by atoms with Gasteiger partial charge in [-0.25, -0.2) is 0 Å². The van der Waals surface area contributed by atoms with Gasteiger partial charge in [0.05, 0.1) is 0 Å². The predicted molar refractivity (Wildman–Crippen MR) is 63.0 cm³/mol. The number of hydrogen-bond acceptors (Lipinski definition) is 2. The summed E-state index contributed by atoms with van der Waals surface area (Å²) in [5.74, 6) is 0. The number of rotatable bonds is 3. The van der Waals surface area contributed by atoms with Crippen molar-refractivity contribution < 1.29 is 0 Å². The monoisotopic (exact) mass is 228 g/mol. The van der Waals surface area contributed by atoms with E-state index < -0.39 is 0 Å². The van der Waals surface area contributed by atoms with Gasteiger partial charge in [0.1, 0.15) is 0 Å². The van der Waals surface area contributed by atoms with Gasteiger partial charge in [-0.05, 0) is 19.3 Å². The highest BCUT2D eigenvalue weighted by Gasteiger charge is 2.23. The topological polar surface area (TPSA) is 29.3 Å². The normalized spacial score (nSPS) is 22.6. The zero-order valence-corrected chi connectivity index (χ0v) is 10.2. The summed E-state index contributed by atoms with van der Waals surface area (Å²) in [5.41, 5.74) is 5.83. The van der Waals surface area contributed by atoms with Crippen LogP contribution in [0.5, 0.6) is 0 Å². The average molecular weight is 229 g/mol. The van der Waals surface area contributed by atoms with Gasteiger partial charge in [0.25, 0.3) is 0 Å². The summed E-state index contributed by atoms with van der Waals surface area (Å²) in [7, 11) is 0. The summed E-state index contributed by atoms with van der Waals surface area (Å²) >= 11 is 0. The molecule has 1 rings (SSSR count). The molecule has 0 aromatic carbocycles. The minimum atomic E-state index is 0. The highest BCUT2D eigenvalue weighted by molar-refractivity contribution is 5.85. The van der Waals surface area contributed by atoms with Crippen molar-refractivity contribution in [1.82, 2.24) is 4.90 Å². The van der Waals surface area contributed by atoms with Crippen LogP contribution in [0.2, 0.25) is 0 Å². The molecular formula is C9H22Cl2N2. The van der Waals surface area contributed by atoms with Crippen LogP contribution in [0.1, 0.15) is 33.1 Å². The molecule has 0 saturated carbocycles. The van der Waals surface area contributed by atoms with Gasteiger partial charge in [0, 0.05) is 25.2 Å². The maximum absolute atomic E-state index is 5.83. The average Bonchev–Trinajstić information content (AvgIpc) is 2.39. The Morgan fingerprint density at radius 2 is 1.85 bits per heavy atom. The Morgan fingerprint density at radius 3 is 2.15 bits per heavy atom. The molecule has 0 aromatic rings. The van der Waals surface area contributed by atoms with Crippen molar-refractivity contribution in [2.45, 2.75) is 45.2 Å². The Kier molecular flexibility index (Phi) is 9.65. The third-order valence-corrected chi connectivity index (χ3v) is 2.72. The molecule has 1 atom stereocenters. The minimum Gasteiger partial charge on any atom is -0.326 e. The minimum absolute atomic E-state index is 0. The van der Waals surface area contributed by atoms with E-state index in [0.717, 1.165) is 12.6 Å². The number of hydrogen-bond donors (Lipinski definition) is 1. The Balaban J connectivity index is 0. The maximum Gasteiger partial charge on any atom is 0.0180 e. The lowest BCUT2D eigenvalue weighted by Crippen LogP contribution is -2.34. The van der Waals surface area contributed by atoms with Crippen molar-refractivity contribution in [2.24, 2.45) is 5.73 Å². The Morgan fingerprint density at radius 1 is 1.31 bits per heavy atom. The Bertz CT molecular complexity index is 118. The highest BCUT2D eigenvalue weighted by Crippen LogP contribution is 2.15. The van der Waals surface area contributed by atoms with Crippen LogP contribution in [0.3, 0.4) is 0 Å². The van der Waals surface area contributed by atoms with Crippen molar-refractivity contribution >= 4 is 24.8 Å². The van der Waals surface area contributed by atoms with Crippen molar-refractivity contribution in [2.75, 3.05) is 13.1 Å². The van der Waals surface area contributed by atoms with E-state index in [1.165, 1.54) is 25.8 Å². The molecule has 0 bridgehead atoms. The summed E-state index contributed by atoms with van der Waals surface area (Å²) in [4.78, 5) is 2.53. The van der Waals surface area contributed by atoms with E-state index in [1.54, 1.807) is 0 Å². The fraction of sp³-hybridized carbons (Fsp3) is 1.00. The fourth-order valence-electron chi connectivity index (χ4n) is 1.95. The van der Waals surface area contributed by atoms with Crippen molar-refractivity contribution in [3.63, 3.8) is 0 Å². The molecule has 2 nitrogen and oxygen atoms in total. The predicted octanol–water partition coefficient (Wildman–Crippen LogP) is 2.05. The van der Waals surface area contributed by atoms with Gasteiger partial charge >= 0.3 is 0 Å². The molecule has 0 aromatic heterocycles. The summed E-state index contributed by atoms with van der Waals surface area (Å²) in [6.07, 6.45) is 3.73. The van der Waals surface area contributed by atoms with Crippen LogP contribution in [-0.4, -0.2) is 30.1 Å². The zero-order valence-electron chi connectivity index (χ0n) is 8.53. The fourth-order valence-corrected chi connectivity index (χ4v) is 1.95. The number of likely N-dealkylation sites (tertiary alicyclic amines) is 1. The van der Waals surface area contributed by atoms with Crippen molar-refractivity contribution in [3.05, 3.63) is 0 Å². The third kappa shape index (κ3) is 4.50. The third-order valence-electron chi connectivity index (χ3n) is 2.72. The molecule has 0 aliphatic carbocycles. The van der Waals surface area contributed by atoms with E-state index in [2.05, 4.69) is 18.7 Å². The van der Waals surface area contributed by atoms with Crippen molar-refractivity contribution in [3.8, 4) is 0 Å². The second-order valence-corrected chi connectivity index (χ2v) is 3.51. The smallest absolute Gasteiger partial charge is 0.0180 e. The van der Waals surface area contributed by atoms with Gasteiger partial charge < -0.3 is 5.73 Å². The van der Waals surface area contributed by atoms with Crippen LogP contribution in [-0.2, 0) is 0 Å². The van der Waals surface area contributed by atoms with E-state index in [9.17, 15) is 0 Å². The molecule has 2 N–H and O–H groups in total. The molecule has 1 aliphatic heterocycles. The molecule has 0 spiro atoms. The van der Waals surface area contributed by atoms with Gasteiger partial charge in [-0.15, -0.1) is 24.8 Å². The Labute approximate surface area is 94.1 Å². The summed E-state index contributed by atoms with van der Waals surface area (Å²) < 4.78 is 0. The molecule has 82 valence electrons. The first-order valence-electron chi connectivity index (χ1n) is 4.77. The lowest BCUT2D eigenvalue weighted by atomic mass is 10.1. The van der Waals surface area contributed by atoms with Gasteiger partial charge in [-0.2, -0.15) is 0 Å². The summed E-state index contributed by atoms with van der Waals surface area (Å²) in [5, 5.41) is 0. The quantitative estimate of drug-likeness (QED) is 0.802. The van der Waals surface area contributed by atoms with E-state index in [-0.39, 0.29) is 24.8 Å². The van der Waals surface area contributed by atoms with Crippen LogP contribution >= 0.6 is 24.8 Å². The number of nitrogens with two attached hydrogens (primary N) is 1. The Hall–Kier alpha value is 0.500. The molecule has 1 unspecified atom stereocenters. The van der Waals surface area contributed by atoms with Gasteiger partial charge in [0.2, 0.25) is 0 Å². The lowest BCUT2D eigenvalue weighted by molar-refractivity contribution is 0.227. The zero-order chi connectivity index (χ0) is 8.27. The van der Waals surface area contributed by atoms with E-state index in [4.69, 9.17) is 5.73 Å². The highest BCUT2D eigenvalue weighted by atomic mass is 35.5. The summed E-state index contributed by atoms with van der Waals surface area (Å²) in [6, 6.07) is 1.22. The molecular weight excluding hydrogens is 207 g/mol. The molecule has 13 heavy (non-hydrogen) atoms. The van der Waals surface area contributed by atoms with Gasteiger partial charge in [-0.3, -0.25) is 4.90 Å². The van der Waals surface area contributed by atoms with E-state index in [1.807, 2.05) is 0 Å². The number of halogens is 2. The molecule has 1 saturated heterocycles. The first kappa shape index (κ1) is 15.9. The van der Waals surface area contributed by atoms with Gasteiger partial charge in [0.15, 0.2) is 0 Å². The SMILES string of the molecule is CCC(CC)N1CCC(N)C1.Cl.Cl. The molecule has 1 heterocycles. The standard InChI is InChI=1S/C9H20N2.2ClH/c1-3-9(4-2)11-6-5-8(10)7-11;;/h8-9H,3-7,10H2,1-2H3;2*1H. The molecule has 1 fully saturated rings. The summed E-state index contributed by atoms with van der Waals surface area (Å²) in [6.45, 7) is 6.86. The van der Waals surface area contributed by atoms with Crippen LogP contribution in [0.4, 0.5) is 0 Å². The van der Waals surface area contributed by atoms with Crippen LogP contribution in [0, 0.1) is 0 Å². The second-order valence-electron chi connectivity index (χ2n) is 3.51. The molecule has 0 amide bonds. The molecule has 4 heteroatoms. The van der Waals surface area contributed by atoms with E-state index in [0.29, 0.717) is 6.04 Å².